The first kappa shape index (κ1) is 24.0. The van der Waals surface area contributed by atoms with Crippen LogP contribution in [0, 0.1) is 0 Å². The van der Waals surface area contributed by atoms with E-state index in [1.54, 1.807) is 0 Å². The highest BCUT2D eigenvalue weighted by Crippen LogP contribution is 2.28. The monoisotopic (exact) mass is 541 g/mol. The fraction of sp³-hybridized carbons (Fsp3) is 0.0625. The first-order valence-corrected chi connectivity index (χ1v) is 13.8. The van der Waals surface area contributed by atoms with Gasteiger partial charge in [0.05, 0.1) is 16.8 Å². The summed E-state index contributed by atoms with van der Waals surface area (Å²) < 4.78 is 9.29. The van der Waals surface area contributed by atoms with Gasteiger partial charge in [-0.05, 0) is 66.2 Å². The molecule has 0 saturated carbocycles. The summed E-state index contributed by atoms with van der Waals surface area (Å²) in [4.78, 5) is 18.6. The predicted molar refractivity (Wildman–Crippen MR) is 159 cm³/mol. The third-order valence-corrected chi connectivity index (χ3v) is 7.64. The number of thiazole rings is 1. The molecule has 0 aliphatic heterocycles. The minimum Gasteiger partial charge on any atom is -0.494 e. The largest absolute Gasteiger partial charge is 0.494 e. The van der Waals surface area contributed by atoms with Crippen LogP contribution in [0.2, 0.25) is 0 Å². The second-order valence-electron chi connectivity index (χ2n) is 9.28. The molecule has 194 valence electrons. The van der Waals surface area contributed by atoms with Crippen LogP contribution in [0.15, 0.2) is 108 Å². The van der Waals surface area contributed by atoms with Crippen molar-refractivity contribution in [3.05, 3.63) is 124 Å². The van der Waals surface area contributed by atoms with Crippen LogP contribution >= 0.6 is 11.3 Å². The number of rotatable bonds is 6. The first-order chi connectivity index (χ1) is 19.7. The Morgan fingerprint density at radius 2 is 1.60 bits per heavy atom. The maximum Gasteiger partial charge on any atom is 0.291 e. The number of fused-ring (bicyclic) bond motifs is 2. The topological polar surface area (TPSA) is 74.3 Å². The molecule has 0 atom stereocenters. The van der Waals surface area contributed by atoms with Crippen LogP contribution in [0.4, 0.5) is 0 Å². The van der Waals surface area contributed by atoms with Crippen molar-refractivity contribution in [1.29, 1.82) is 0 Å². The van der Waals surface area contributed by atoms with Gasteiger partial charge in [-0.2, -0.15) is 14.6 Å². The number of para-hydroxylation sites is 1. The molecule has 40 heavy (non-hydrogen) atoms. The van der Waals surface area contributed by atoms with Crippen LogP contribution in [0.25, 0.3) is 50.1 Å². The summed E-state index contributed by atoms with van der Waals surface area (Å²) in [6.45, 7) is 2.55. The molecule has 0 saturated heterocycles. The van der Waals surface area contributed by atoms with E-state index in [9.17, 15) is 4.79 Å². The van der Waals surface area contributed by atoms with Crippen molar-refractivity contribution >= 4 is 33.1 Å². The summed E-state index contributed by atoms with van der Waals surface area (Å²) in [5.74, 6) is 1.29. The van der Waals surface area contributed by atoms with Gasteiger partial charge in [-0.15, -0.1) is 5.10 Å². The molecule has 0 bridgehead atoms. The van der Waals surface area contributed by atoms with Crippen LogP contribution in [0.1, 0.15) is 12.5 Å². The summed E-state index contributed by atoms with van der Waals surface area (Å²) >= 11 is 1.32. The maximum atomic E-state index is 13.4. The highest BCUT2D eigenvalue weighted by Gasteiger charge is 2.15. The Morgan fingerprint density at radius 3 is 2.38 bits per heavy atom. The normalized spacial score (nSPS) is 12.0. The molecule has 3 heterocycles. The van der Waals surface area contributed by atoms with E-state index in [1.807, 2.05) is 90.6 Å². The fourth-order valence-electron chi connectivity index (χ4n) is 4.73. The molecule has 7 aromatic rings. The van der Waals surface area contributed by atoms with E-state index in [0.29, 0.717) is 21.9 Å². The molecule has 0 aliphatic rings. The lowest BCUT2D eigenvalue weighted by Gasteiger charge is -2.03. The van der Waals surface area contributed by atoms with Gasteiger partial charge in [-0.25, -0.2) is 4.68 Å². The van der Waals surface area contributed by atoms with Crippen molar-refractivity contribution in [1.82, 2.24) is 24.4 Å². The average molecular weight is 542 g/mol. The van der Waals surface area contributed by atoms with E-state index >= 15 is 0 Å². The van der Waals surface area contributed by atoms with Crippen molar-refractivity contribution in [2.75, 3.05) is 6.61 Å². The molecule has 7 rings (SSSR count). The van der Waals surface area contributed by atoms with Crippen molar-refractivity contribution < 1.29 is 4.74 Å². The molecule has 0 radical (unpaired) electrons. The van der Waals surface area contributed by atoms with Crippen LogP contribution in [-0.4, -0.2) is 31.0 Å². The minimum absolute atomic E-state index is 0.207. The Kier molecular flexibility index (Phi) is 5.94. The molecule has 7 nitrogen and oxygen atoms in total. The number of hydrogen-bond acceptors (Lipinski definition) is 6. The van der Waals surface area contributed by atoms with Gasteiger partial charge in [-0.3, -0.25) is 4.79 Å². The van der Waals surface area contributed by atoms with Crippen LogP contribution < -0.4 is 14.8 Å². The Hall–Kier alpha value is -5.08. The van der Waals surface area contributed by atoms with E-state index < -0.39 is 0 Å². The standard InChI is InChI=1S/C32H23N5O2S/c1-2-39-27-16-14-22(15-17-27)30-33-32-37(35-30)31(38)28(40-32)19-25-20-36(26-10-4-3-5-11-26)34-29(25)24-13-12-21-8-6-7-9-23(21)18-24/h3-20H,2H2,1H3. The zero-order valence-corrected chi connectivity index (χ0v) is 22.4. The average Bonchev–Trinajstić information content (AvgIpc) is 3.69. The number of hydrogen-bond donors (Lipinski definition) is 0. The van der Waals surface area contributed by atoms with Gasteiger partial charge in [0.15, 0.2) is 5.82 Å². The SMILES string of the molecule is CCOc1ccc(-c2nc3sc(=Cc4cn(-c5ccccc5)nc4-c4ccc5ccccc5c4)c(=O)n3n2)cc1. The molecule has 0 aliphatic carbocycles. The van der Waals surface area contributed by atoms with Gasteiger partial charge in [0.25, 0.3) is 5.56 Å². The lowest BCUT2D eigenvalue weighted by atomic mass is 10.0. The molecule has 8 heteroatoms. The Labute approximate surface area is 233 Å². The predicted octanol–water partition coefficient (Wildman–Crippen LogP) is 5.77. The molecular formula is C32H23N5O2S. The summed E-state index contributed by atoms with van der Waals surface area (Å²) in [6, 6.07) is 32.0. The summed E-state index contributed by atoms with van der Waals surface area (Å²) in [7, 11) is 0. The summed E-state index contributed by atoms with van der Waals surface area (Å²) in [5, 5.41) is 11.7. The van der Waals surface area contributed by atoms with E-state index in [4.69, 9.17) is 9.84 Å². The lowest BCUT2D eigenvalue weighted by molar-refractivity contribution is 0.340. The Morgan fingerprint density at radius 1 is 0.850 bits per heavy atom. The molecule has 4 aromatic carbocycles. The molecule has 0 fully saturated rings. The van der Waals surface area contributed by atoms with Crippen LogP contribution in [-0.2, 0) is 0 Å². The van der Waals surface area contributed by atoms with Gasteiger partial charge in [0, 0.05) is 22.9 Å². The highest BCUT2D eigenvalue weighted by molar-refractivity contribution is 7.15. The minimum atomic E-state index is -0.207. The highest BCUT2D eigenvalue weighted by atomic mass is 32.1. The quantitative estimate of drug-likeness (QED) is 0.267. The Balaban J connectivity index is 1.33. The second-order valence-corrected chi connectivity index (χ2v) is 10.3. The molecular weight excluding hydrogens is 518 g/mol. The van der Waals surface area contributed by atoms with E-state index in [0.717, 1.165) is 44.6 Å². The van der Waals surface area contributed by atoms with Gasteiger partial charge < -0.3 is 4.74 Å². The van der Waals surface area contributed by atoms with Crippen molar-refractivity contribution in [3.8, 4) is 34.1 Å². The third-order valence-electron chi connectivity index (χ3n) is 6.68. The van der Waals surface area contributed by atoms with Crippen LogP contribution in [0.5, 0.6) is 5.75 Å². The lowest BCUT2D eigenvalue weighted by Crippen LogP contribution is -2.23. The molecule has 0 spiro atoms. The maximum absolute atomic E-state index is 13.4. The van der Waals surface area contributed by atoms with E-state index in [1.165, 1.54) is 15.9 Å². The number of ether oxygens (including phenoxy) is 1. The number of benzene rings is 4. The van der Waals surface area contributed by atoms with Gasteiger partial charge >= 0.3 is 0 Å². The first-order valence-electron chi connectivity index (χ1n) is 12.9. The van der Waals surface area contributed by atoms with Crippen LogP contribution in [0.3, 0.4) is 0 Å². The zero-order valence-electron chi connectivity index (χ0n) is 21.6. The second kappa shape index (κ2) is 9.91. The smallest absolute Gasteiger partial charge is 0.291 e. The van der Waals surface area contributed by atoms with Gasteiger partial charge in [-0.1, -0.05) is 65.9 Å². The summed E-state index contributed by atoms with van der Waals surface area (Å²) in [5.41, 5.74) is 4.17. The summed E-state index contributed by atoms with van der Waals surface area (Å²) in [6.07, 6.45) is 3.84. The molecule has 0 unspecified atom stereocenters. The van der Waals surface area contributed by atoms with Crippen molar-refractivity contribution in [2.24, 2.45) is 0 Å². The third kappa shape index (κ3) is 4.34. The Bertz CT molecular complexity index is 2090. The molecule has 3 aromatic heterocycles. The van der Waals surface area contributed by atoms with Crippen molar-refractivity contribution in [3.63, 3.8) is 0 Å². The fourth-order valence-corrected chi connectivity index (χ4v) is 5.63. The van der Waals surface area contributed by atoms with Gasteiger partial charge in [0.2, 0.25) is 4.96 Å². The molecule has 0 amide bonds. The van der Waals surface area contributed by atoms with Crippen molar-refractivity contribution in [2.45, 2.75) is 6.92 Å². The van der Waals surface area contributed by atoms with E-state index in [-0.39, 0.29) is 5.56 Å². The van der Waals surface area contributed by atoms with E-state index in [2.05, 4.69) is 40.4 Å². The van der Waals surface area contributed by atoms with Gasteiger partial charge in [0.1, 0.15) is 11.4 Å². The zero-order chi connectivity index (χ0) is 27.1. The number of aromatic nitrogens is 5. The number of nitrogens with zero attached hydrogens (tertiary/aromatic N) is 5. The molecule has 0 N–H and O–H groups in total.